The van der Waals surface area contributed by atoms with E-state index in [2.05, 4.69) is 44.3 Å². The van der Waals surface area contributed by atoms with E-state index >= 15 is 0 Å². The maximum absolute atomic E-state index is 14.1. The van der Waals surface area contributed by atoms with Crippen molar-refractivity contribution in [3.63, 3.8) is 0 Å². The highest BCUT2D eigenvalue weighted by molar-refractivity contribution is 7.99. The summed E-state index contributed by atoms with van der Waals surface area (Å²) in [6.45, 7) is 15.0. The number of anilines is 1. The first kappa shape index (κ1) is 38.1. The summed E-state index contributed by atoms with van der Waals surface area (Å²) in [6, 6.07) is 12.5. The summed E-state index contributed by atoms with van der Waals surface area (Å²) < 4.78 is 23.7. The molecule has 2 aliphatic carbocycles. The topological polar surface area (TPSA) is 85.4 Å². The highest BCUT2D eigenvalue weighted by Crippen LogP contribution is 2.48. The summed E-state index contributed by atoms with van der Waals surface area (Å²) in [5.74, 6) is 6.61. The lowest BCUT2D eigenvalue weighted by molar-refractivity contribution is -0.133. The maximum Gasteiger partial charge on any atom is 0.262 e. The maximum atomic E-state index is 14.1. The Morgan fingerprint density at radius 1 is 1.02 bits per heavy atom. The Kier molecular flexibility index (Phi) is 10.8. The second-order valence-electron chi connectivity index (χ2n) is 17.7. The fraction of sp³-hybridized carbons (Fsp3) is 0.651. The summed E-state index contributed by atoms with van der Waals surface area (Å²) in [7, 11) is -2.90. The van der Waals surface area contributed by atoms with Gasteiger partial charge in [-0.3, -0.25) is 19.2 Å². The average molecular weight is 779 g/mol. The second-order valence-corrected chi connectivity index (χ2v) is 20.6. The Bertz CT molecular complexity index is 1860. The molecule has 6 aliphatic rings. The summed E-state index contributed by atoms with van der Waals surface area (Å²) in [6.07, 6.45) is 8.72. The molecule has 4 aliphatic heterocycles. The minimum atomic E-state index is -2.90. The lowest BCUT2D eigenvalue weighted by atomic mass is 9.65. The zero-order valence-electron chi connectivity index (χ0n) is 32.6. The molecule has 1 N–H and O–H groups in total. The number of carbonyl (C=O) groups excluding carboxylic acids is 2. The minimum Gasteiger partial charge on any atom is -0.490 e. The predicted molar refractivity (Wildman–Crippen MR) is 219 cm³/mol. The molecular weight excluding hydrogens is 718 g/mol. The molecule has 54 heavy (non-hydrogen) atoms. The molecule has 2 saturated heterocycles. The fourth-order valence-electron chi connectivity index (χ4n) is 10.8. The van der Waals surface area contributed by atoms with Crippen molar-refractivity contribution in [3.8, 4) is 5.75 Å². The van der Waals surface area contributed by atoms with Gasteiger partial charge in [0.05, 0.1) is 22.0 Å². The number of benzene rings is 2. The largest absolute Gasteiger partial charge is 0.490 e. The van der Waals surface area contributed by atoms with Gasteiger partial charge in [0.15, 0.2) is 0 Å². The lowest BCUT2D eigenvalue weighted by Crippen LogP contribution is -2.63. The summed E-state index contributed by atoms with van der Waals surface area (Å²) in [5, 5.41) is 0.521. The van der Waals surface area contributed by atoms with Gasteiger partial charge in [0.1, 0.15) is 5.75 Å². The molecule has 0 aromatic heterocycles. The number of ether oxygens (including phenoxy) is 1. The van der Waals surface area contributed by atoms with Crippen molar-refractivity contribution < 1.29 is 18.5 Å². The van der Waals surface area contributed by atoms with Crippen molar-refractivity contribution in [2.45, 2.75) is 88.8 Å². The third kappa shape index (κ3) is 7.53. The molecule has 1 unspecified atom stereocenters. The summed E-state index contributed by atoms with van der Waals surface area (Å²) in [5.41, 5.74) is 3.90. The minimum absolute atomic E-state index is 0.157. The molecule has 8 rings (SSSR count). The summed E-state index contributed by atoms with van der Waals surface area (Å²) in [4.78, 5) is 36.0. The van der Waals surface area contributed by atoms with Crippen molar-refractivity contribution >= 4 is 44.7 Å². The Balaban J connectivity index is 1.12. The number of piperazine rings is 2. The normalized spacial score (nSPS) is 35.1. The number of nitrogens with one attached hydrogen (secondary N) is 1. The second kappa shape index (κ2) is 15.3. The molecule has 4 heterocycles. The number of carbonyl (C=O) groups is 2. The zero-order valence-corrected chi connectivity index (χ0v) is 34.1. The van der Waals surface area contributed by atoms with Crippen molar-refractivity contribution in [2.75, 3.05) is 70.4 Å². The highest BCUT2D eigenvalue weighted by Gasteiger charge is 2.45. The van der Waals surface area contributed by atoms with Gasteiger partial charge in [0.2, 0.25) is 5.91 Å². The molecule has 294 valence electrons. The van der Waals surface area contributed by atoms with Crippen molar-refractivity contribution in [1.82, 2.24) is 19.4 Å². The first-order valence-corrected chi connectivity index (χ1v) is 22.8. The van der Waals surface area contributed by atoms with Gasteiger partial charge in [0, 0.05) is 93.1 Å². The van der Waals surface area contributed by atoms with Crippen LogP contribution in [0.5, 0.6) is 5.75 Å². The first-order chi connectivity index (χ1) is 25.9. The number of aryl methyl sites for hydroxylation is 1. The van der Waals surface area contributed by atoms with E-state index in [1.54, 1.807) is 6.92 Å². The van der Waals surface area contributed by atoms with Crippen molar-refractivity contribution in [2.24, 2.45) is 23.7 Å². The van der Waals surface area contributed by atoms with Gasteiger partial charge in [0.25, 0.3) is 5.91 Å². The standard InChI is InChI=1S/C43H60ClN5O4S/c1-29-7-5-8-34(23-46-17-18-47-19-20-48(31(3)50)26-37(47)25-46)38-13-10-35(38)24-49-27-43(16-6-9-32-21-36(44)12-14-39(32)43)28-53-41-15-11-33(22-40(41)49)42(51)45-54(4,52)30(29)2/h11-12,14-15,21-22,29-30,34-35,37-38H,4-10,13,16-20,23-28H2,1-3H3,(H,45,51,52)/t29-,30+,34+,35-,37+,38-,43-,54?/m0/s1. The van der Waals surface area contributed by atoms with Crippen LogP contribution in [0, 0.1) is 23.7 Å². The third-order valence-electron chi connectivity index (χ3n) is 14.5. The fourth-order valence-corrected chi connectivity index (χ4v) is 12.5. The number of hydrogen-bond donors (Lipinski definition) is 1. The van der Waals surface area contributed by atoms with Gasteiger partial charge in [-0.15, -0.1) is 0 Å². The molecule has 11 heteroatoms. The zero-order chi connectivity index (χ0) is 37.8. The number of halogens is 1. The van der Waals surface area contributed by atoms with E-state index < -0.39 is 9.71 Å². The van der Waals surface area contributed by atoms with Crippen LogP contribution in [0.15, 0.2) is 36.4 Å². The molecule has 2 aromatic carbocycles. The quantitative estimate of drug-likeness (QED) is 0.382. The Hall–Kier alpha value is -2.79. The molecule has 8 atom stereocenters. The molecule has 1 spiro atoms. The molecule has 2 amide bonds. The number of fused-ring (bicyclic) bond motifs is 5. The Labute approximate surface area is 328 Å². The van der Waals surface area contributed by atoms with Crippen LogP contribution in [-0.4, -0.2) is 113 Å². The van der Waals surface area contributed by atoms with Crippen LogP contribution in [0.25, 0.3) is 0 Å². The summed E-state index contributed by atoms with van der Waals surface area (Å²) >= 11 is 6.53. The van der Waals surface area contributed by atoms with E-state index in [1.807, 2.05) is 36.1 Å². The van der Waals surface area contributed by atoms with Crippen LogP contribution in [-0.2, 0) is 26.3 Å². The van der Waals surface area contributed by atoms with Crippen LogP contribution in [0.2, 0.25) is 5.02 Å². The van der Waals surface area contributed by atoms with Gasteiger partial charge >= 0.3 is 0 Å². The van der Waals surface area contributed by atoms with Gasteiger partial charge in [-0.25, -0.2) is 4.21 Å². The monoisotopic (exact) mass is 777 g/mol. The Morgan fingerprint density at radius 3 is 2.65 bits per heavy atom. The average Bonchev–Trinajstić information content (AvgIpc) is 3.28. The van der Waals surface area contributed by atoms with Crippen LogP contribution in [0.1, 0.15) is 87.2 Å². The first-order valence-electron chi connectivity index (χ1n) is 20.6. The van der Waals surface area contributed by atoms with Crippen molar-refractivity contribution in [3.05, 3.63) is 58.1 Å². The Morgan fingerprint density at radius 2 is 1.85 bits per heavy atom. The molecular formula is C43H60ClN5O4S. The van der Waals surface area contributed by atoms with E-state index in [1.165, 1.54) is 24.0 Å². The van der Waals surface area contributed by atoms with Crippen LogP contribution in [0.3, 0.4) is 0 Å². The molecule has 2 aromatic rings. The van der Waals surface area contributed by atoms with E-state index in [4.69, 9.17) is 16.3 Å². The smallest absolute Gasteiger partial charge is 0.262 e. The van der Waals surface area contributed by atoms with Gasteiger partial charge < -0.3 is 19.4 Å². The van der Waals surface area contributed by atoms with Crippen LogP contribution in [0.4, 0.5) is 5.69 Å². The highest BCUT2D eigenvalue weighted by atomic mass is 35.5. The van der Waals surface area contributed by atoms with Gasteiger partial charge in [-0.05, 0) is 123 Å². The molecule has 9 nitrogen and oxygen atoms in total. The number of rotatable bonds is 2. The number of nitrogens with zero attached hydrogens (tertiary/aromatic N) is 4. The third-order valence-corrected chi connectivity index (χ3v) is 16.9. The van der Waals surface area contributed by atoms with Crippen molar-refractivity contribution in [1.29, 1.82) is 0 Å². The van der Waals surface area contributed by atoms with Gasteiger partial charge in [-0.2, -0.15) is 0 Å². The molecule has 2 bridgehead atoms. The van der Waals surface area contributed by atoms with E-state index in [-0.39, 0.29) is 28.4 Å². The van der Waals surface area contributed by atoms with E-state index in [0.29, 0.717) is 36.0 Å². The number of hydrogen-bond acceptors (Lipinski definition) is 7. The predicted octanol–water partition coefficient (Wildman–Crippen LogP) is 5.87. The van der Waals surface area contributed by atoms with Gasteiger partial charge in [-0.1, -0.05) is 31.0 Å². The van der Waals surface area contributed by atoms with Crippen LogP contribution < -0.4 is 14.4 Å². The van der Waals surface area contributed by atoms with Crippen LogP contribution >= 0.6 is 11.6 Å². The molecule has 1 saturated carbocycles. The van der Waals surface area contributed by atoms with E-state index in [9.17, 15) is 13.8 Å². The molecule has 3 fully saturated rings. The molecule has 0 radical (unpaired) electrons. The lowest BCUT2D eigenvalue weighted by Gasteiger charge is -2.50. The number of amides is 2. The SMILES string of the molecule is C=S1(=O)NC(=O)c2ccc3c(c2)N(C[C@@H]2CC[C@H]2[C@@H](CN2CCN4CCN(C(C)=O)C[C@H]4C2)CCC[C@H](C)[C@H]1C)C[C@@]1(CCCc2cc(Cl)ccc21)CO3. The van der Waals surface area contributed by atoms with E-state index in [0.717, 1.165) is 114 Å².